The lowest BCUT2D eigenvalue weighted by atomic mass is 9.94. The topological polar surface area (TPSA) is 46.3 Å². The second-order valence-corrected chi connectivity index (χ2v) is 6.20. The van der Waals surface area contributed by atoms with E-state index in [1.54, 1.807) is 4.90 Å². The summed E-state index contributed by atoms with van der Waals surface area (Å²) in [6, 6.07) is 1.95. The molecule has 4 heteroatoms. The van der Waals surface area contributed by atoms with Crippen LogP contribution in [0.25, 0.3) is 0 Å². The standard InChI is InChI=1S/C13H22N2OS/c1-6-15(7-2)12(16)9-8-10(13(3,4)5)17-11(9)14/h8H,6-7,14H2,1-5H3. The summed E-state index contributed by atoms with van der Waals surface area (Å²) in [6.45, 7) is 11.8. The third-order valence-corrected chi connectivity index (χ3v) is 4.17. The molecule has 0 saturated carbocycles. The third-order valence-electron chi connectivity index (χ3n) is 2.78. The Labute approximate surface area is 108 Å². The van der Waals surface area contributed by atoms with Gasteiger partial charge in [0.15, 0.2) is 0 Å². The second-order valence-electron chi connectivity index (χ2n) is 5.12. The van der Waals surface area contributed by atoms with Crippen LogP contribution in [-0.2, 0) is 5.41 Å². The Kier molecular flexibility index (Phi) is 4.20. The number of rotatable bonds is 3. The Hall–Kier alpha value is -1.03. The summed E-state index contributed by atoms with van der Waals surface area (Å²) in [5.41, 5.74) is 6.66. The van der Waals surface area contributed by atoms with Crippen molar-refractivity contribution in [2.45, 2.75) is 40.0 Å². The molecule has 1 aromatic heterocycles. The predicted octanol–water partition coefficient (Wildman–Crippen LogP) is 3.11. The van der Waals surface area contributed by atoms with Crippen molar-refractivity contribution in [3.8, 4) is 0 Å². The highest BCUT2D eigenvalue weighted by atomic mass is 32.1. The molecule has 0 aromatic carbocycles. The van der Waals surface area contributed by atoms with Gasteiger partial charge in [-0.15, -0.1) is 11.3 Å². The van der Waals surface area contributed by atoms with E-state index in [9.17, 15) is 4.79 Å². The van der Waals surface area contributed by atoms with E-state index in [0.29, 0.717) is 10.6 Å². The highest BCUT2D eigenvalue weighted by Gasteiger charge is 2.23. The lowest BCUT2D eigenvalue weighted by molar-refractivity contribution is 0.0774. The number of nitrogens with two attached hydrogens (primary N) is 1. The molecule has 0 saturated heterocycles. The summed E-state index contributed by atoms with van der Waals surface area (Å²) in [7, 11) is 0. The molecule has 2 N–H and O–H groups in total. The fourth-order valence-corrected chi connectivity index (χ4v) is 2.60. The van der Waals surface area contributed by atoms with Gasteiger partial charge in [-0.2, -0.15) is 0 Å². The average molecular weight is 254 g/mol. The van der Waals surface area contributed by atoms with Crippen LogP contribution in [-0.4, -0.2) is 23.9 Å². The fraction of sp³-hybridized carbons (Fsp3) is 0.615. The zero-order chi connectivity index (χ0) is 13.2. The van der Waals surface area contributed by atoms with Crippen LogP contribution >= 0.6 is 11.3 Å². The predicted molar refractivity (Wildman–Crippen MR) is 74.7 cm³/mol. The number of amides is 1. The van der Waals surface area contributed by atoms with Gasteiger partial charge < -0.3 is 10.6 Å². The lowest BCUT2D eigenvalue weighted by Gasteiger charge is -2.18. The SMILES string of the molecule is CCN(CC)C(=O)c1cc(C(C)(C)C)sc1N. The molecule has 1 amide bonds. The van der Waals surface area contributed by atoms with Crippen LogP contribution in [0.2, 0.25) is 0 Å². The molecule has 0 bridgehead atoms. The maximum atomic E-state index is 12.2. The summed E-state index contributed by atoms with van der Waals surface area (Å²) in [5.74, 6) is 0.0410. The van der Waals surface area contributed by atoms with Gasteiger partial charge in [-0.3, -0.25) is 4.79 Å². The molecule has 96 valence electrons. The van der Waals surface area contributed by atoms with Crippen molar-refractivity contribution in [2.24, 2.45) is 0 Å². The van der Waals surface area contributed by atoms with Crippen molar-refractivity contribution in [1.82, 2.24) is 4.90 Å². The van der Waals surface area contributed by atoms with Gasteiger partial charge in [0.25, 0.3) is 5.91 Å². The van der Waals surface area contributed by atoms with Crippen molar-refractivity contribution >= 4 is 22.2 Å². The number of hydrogen-bond acceptors (Lipinski definition) is 3. The van der Waals surface area contributed by atoms with E-state index in [4.69, 9.17) is 5.73 Å². The monoisotopic (exact) mass is 254 g/mol. The number of carbonyl (C=O) groups is 1. The zero-order valence-electron chi connectivity index (χ0n) is 11.3. The number of anilines is 1. The first-order chi connectivity index (χ1) is 7.81. The average Bonchev–Trinajstić information content (AvgIpc) is 2.61. The molecule has 0 spiro atoms. The molecule has 0 radical (unpaired) electrons. The molecular formula is C13H22N2OS. The maximum Gasteiger partial charge on any atom is 0.256 e. The van der Waals surface area contributed by atoms with Gasteiger partial charge >= 0.3 is 0 Å². The summed E-state index contributed by atoms with van der Waals surface area (Å²) in [6.07, 6.45) is 0. The fourth-order valence-electron chi connectivity index (χ4n) is 1.62. The third kappa shape index (κ3) is 3.00. The molecule has 17 heavy (non-hydrogen) atoms. The minimum Gasteiger partial charge on any atom is -0.390 e. The first-order valence-electron chi connectivity index (χ1n) is 6.00. The first kappa shape index (κ1) is 14.0. The van der Waals surface area contributed by atoms with Crippen LogP contribution in [0.1, 0.15) is 49.9 Å². The van der Waals surface area contributed by atoms with Gasteiger partial charge in [-0.25, -0.2) is 0 Å². The van der Waals surface area contributed by atoms with E-state index in [2.05, 4.69) is 20.8 Å². The number of nitrogen functional groups attached to an aromatic ring is 1. The Morgan fingerprint density at radius 1 is 1.35 bits per heavy atom. The summed E-state index contributed by atoms with van der Waals surface area (Å²) in [5, 5.41) is 0.631. The molecule has 0 aliphatic carbocycles. The normalized spacial score (nSPS) is 11.6. The minimum absolute atomic E-state index is 0.0410. The largest absolute Gasteiger partial charge is 0.390 e. The molecule has 1 heterocycles. The van der Waals surface area contributed by atoms with Crippen molar-refractivity contribution < 1.29 is 4.79 Å². The van der Waals surface area contributed by atoms with Gasteiger partial charge in [0, 0.05) is 18.0 Å². The lowest BCUT2D eigenvalue weighted by Crippen LogP contribution is -2.30. The molecule has 1 aromatic rings. The maximum absolute atomic E-state index is 12.2. The summed E-state index contributed by atoms with van der Waals surface area (Å²) in [4.78, 5) is 15.2. The smallest absolute Gasteiger partial charge is 0.256 e. The Balaban J connectivity index is 3.07. The Morgan fingerprint density at radius 3 is 2.24 bits per heavy atom. The van der Waals surface area contributed by atoms with Gasteiger partial charge in [0.2, 0.25) is 0 Å². The van der Waals surface area contributed by atoms with Crippen LogP contribution in [0.4, 0.5) is 5.00 Å². The van der Waals surface area contributed by atoms with Crippen LogP contribution in [0.5, 0.6) is 0 Å². The number of thiophene rings is 1. The number of nitrogens with zero attached hydrogens (tertiary/aromatic N) is 1. The van der Waals surface area contributed by atoms with Gasteiger partial charge in [-0.1, -0.05) is 20.8 Å². The molecule has 0 atom stereocenters. The number of hydrogen-bond donors (Lipinski definition) is 1. The van der Waals surface area contributed by atoms with Crippen LogP contribution < -0.4 is 5.73 Å². The highest BCUT2D eigenvalue weighted by Crippen LogP contribution is 2.34. The first-order valence-corrected chi connectivity index (χ1v) is 6.82. The second kappa shape index (κ2) is 5.08. The van der Waals surface area contributed by atoms with E-state index in [0.717, 1.165) is 18.0 Å². The van der Waals surface area contributed by atoms with E-state index in [-0.39, 0.29) is 11.3 Å². The van der Waals surface area contributed by atoms with Crippen LogP contribution in [0.15, 0.2) is 6.07 Å². The van der Waals surface area contributed by atoms with E-state index in [1.807, 2.05) is 19.9 Å². The molecule has 0 fully saturated rings. The summed E-state index contributed by atoms with van der Waals surface area (Å²) < 4.78 is 0. The van der Waals surface area contributed by atoms with Crippen LogP contribution in [0.3, 0.4) is 0 Å². The van der Waals surface area contributed by atoms with E-state index >= 15 is 0 Å². The van der Waals surface area contributed by atoms with Crippen LogP contribution in [0, 0.1) is 0 Å². The Morgan fingerprint density at radius 2 is 1.88 bits per heavy atom. The van der Waals surface area contributed by atoms with Crippen molar-refractivity contribution in [2.75, 3.05) is 18.8 Å². The van der Waals surface area contributed by atoms with Crippen molar-refractivity contribution in [1.29, 1.82) is 0 Å². The Bertz CT molecular complexity index is 400. The zero-order valence-corrected chi connectivity index (χ0v) is 12.1. The summed E-state index contributed by atoms with van der Waals surface area (Å²) >= 11 is 1.52. The molecular weight excluding hydrogens is 232 g/mol. The molecule has 0 unspecified atom stereocenters. The van der Waals surface area contributed by atoms with Gasteiger partial charge in [0.1, 0.15) is 0 Å². The molecule has 0 aliphatic heterocycles. The quantitative estimate of drug-likeness (QED) is 0.901. The van der Waals surface area contributed by atoms with Crippen molar-refractivity contribution in [3.63, 3.8) is 0 Å². The molecule has 1 rings (SSSR count). The van der Waals surface area contributed by atoms with E-state index < -0.39 is 0 Å². The van der Waals surface area contributed by atoms with E-state index in [1.165, 1.54) is 11.3 Å². The number of carbonyl (C=O) groups excluding carboxylic acids is 1. The molecule has 0 aliphatic rings. The van der Waals surface area contributed by atoms with Gasteiger partial charge in [0.05, 0.1) is 10.6 Å². The highest BCUT2D eigenvalue weighted by molar-refractivity contribution is 7.16. The minimum atomic E-state index is 0.0410. The molecule has 3 nitrogen and oxygen atoms in total. The van der Waals surface area contributed by atoms with Gasteiger partial charge in [-0.05, 0) is 25.3 Å². The van der Waals surface area contributed by atoms with Crippen molar-refractivity contribution in [3.05, 3.63) is 16.5 Å².